The molecule has 0 amide bonds. The molecule has 0 aliphatic carbocycles. The van der Waals surface area contributed by atoms with Crippen LogP contribution in [0.4, 0.5) is 0 Å². The van der Waals surface area contributed by atoms with E-state index in [-0.39, 0.29) is 31.1 Å². The molecule has 0 N–H and O–H groups in total. The first-order chi connectivity index (χ1) is 8.25. The zero-order valence-electron chi connectivity index (χ0n) is 9.92. The zero-order chi connectivity index (χ0) is 13.8. The van der Waals surface area contributed by atoms with E-state index in [0.717, 1.165) is 0 Å². The van der Waals surface area contributed by atoms with Crippen molar-refractivity contribution in [2.75, 3.05) is 24.7 Å². The summed E-state index contributed by atoms with van der Waals surface area (Å²) in [4.78, 5) is 11.3. The van der Waals surface area contributed by atoms with Crippen molar-refractivity contribution in [1.29, 1.82) is 0 Å². The molecule has 18 heavy (non-hydrogen) atoms. The first-order valence-corrected chi connectivity index (χ1v) is 8.17. The molecule has 1 saturated heterocycles. The molecular formula is C9H15O7S2-. The first kappa shape index (κ1) is 15.5. The van der Waals surface area contributed by atoms with Gasteiger partial charge in [-0.3, -0.25) is 13.2 Å². The van der Waals surface area contributed by atoms with Crippen molar-refractivity contribution in [2.45, 2.75) is 19.8 Å². The van der Waals surface area contributed by atoms with Gasteiger partial charge in [0.15, 0.2) is 0 Å². The Morgan fingerprint density at radius 2 is 2.22 bits per heavy atom. The molecule has 0 aromatic rings. The third-order valence-electron chi connectivity index (χ3n) is 2.64. The van der Waals surface area contributed by atoms with E-state index in [4.69, 9.17) is 8.92 Å². The molecule has 1 fully saturated rings. The van der Waals surface area contributed by atoms with E-state index < -0.39 is 32.6 Å². The van der Waals surface area contributed by atoms with Crippen molar-refractivity contribution in [3.63, 3.8) is 0 Å². The molecule has 9 heteroatoms. The van der Waals surface area contributed by atoms with Crippen LogP contribution in [0, 0.1) is 5.41 Å². The monoisotopic (exact) mass is 299 g/mol. The molecular weight excluding hydrogens is 284 g/mol. The third-order valence-corrected chi connectivity index (χ3v) is 4.53. The van der Waals surface area contributed by atoms with Crippen LogP contribution in [0.5, 0.6) is 0 Å². The smallest absolute Gasteiger partial charge is 0.314 e. The molecule has 0 aromatic carbocycles. The molecule has 2 unspecified atom stereocenters. The average Bonchev–Trinajstić information content (AvgIpc) is 2.57. The van der Waals surface area contributed by atoms with Crippen molar-refractivity contribution >= 4 is 27.2 Å². The standard InChI is InChI=1S/C9H16O7S2/c1-9(3-4-15-8(9)10)7-16-18(13,14)6-2-5-17(11)12/h2-7H2,1H3,(H,11,12)/p-1. The lowest BCUT2D eigenvalue weighted by atomic mass is 9.91. The molecule has 0 aromatic heterocycles. The van der Waals surface area contributed by atoms with E-state index in [1.54, 1.807) is 6.92 Å². The van der Waals surface area contributed by atoms with Crippen LogP contribution in [0.1, 0.15) is 19.8 Å². The summed E-state index contributed by atoms with van der Waals surface area (Å²) in [6.07, 6.45) is 0.380. The Morgan fingerprint density at radius 1 is 1.56 bits per heavy atom. The van der Waals surface area contributed by atoms with Gasteiger partial charge in [-0.05, 0) is 19.8 Å². The summed E-state index contributed by atoms with van der Waals surface area (Å²) in [7, 11) is -3.81. The lowest BCUT2D eigenvalue weighted by Crippen LogP contribution is -2.30. The number of hydrogen-bond donors (Lipinski definition) is 0. The lowest BCUT2D eigenvalue weighted by Gasteiger charge is -2.18. The van der Waals surface area contributed by atoms with Gasteiger partial charge in [0.1, 0.15) is 0 Å². The van der Waals surface area contributed by atoms with Crippen LogP contribution >= 0.6 is 0 Å². The minimum Gasteiger partial charge on any atom is -0.772 e. The number of carbonyl (C=O) groups excluding carboxylic acids is 1. The Bertz CT molecular complexity index is 430. The molecule has 0 spiro atoms. The fourth-order valence-electron chi connectivity index (χ4n) is 1.41. The van der Waals surface area contributed by atoms with Crippen LogP contribution in [0.15, 0.2) is 0 Å². The molecule has 0 saturated carbocycles. The number of esters is 1. The fraction of sp³-hybridized carbons (Fsp3) is 0.889. The van der Waals surface area contributed by atoms with Gasteiger partial charge in [0.25, 0.3) is 10.1 Å². The number of rotatable bonds is 7. The highest BCUT2D eigenvalue weighted by molar-refractivity contribution is 7.86. The van der Waals surface area contributed by atoms with Crippen LogP contribution in [0.25, 0.3) is 0 Å². The van der Waals surface area contributed by atoms with Gasteiger partial charge in [0.05, 0.1) is 24.4 Å². The van der Waals surface area contributed by atoms with Gasteiger partial charge >= 0.3 is 5.97 Å². The lowest BCUT2D eigenvalue weighted by molar-refractivity contribution is -0.146. The van der Waals surface area contributed by atoms with Gasteiger partial charge in [-0.2, -0.15) is 8.42 Å². The van der Waals surface area contributed by atoms with Crippen LogP contribution < -0.4 is 0 Å². The number of ether oxygens (including phenoxy) is 1. The van der Waals surface area contributed by atoms with Crippen molar-refractivity contribution in [1.82, 2.24) is 0 Å². The Kier molecular flexibility index (Phi) is 5.26. The maximum Gasteiger partial charge on any atom is 0.314 e. The topological polar surface area (TPSA) is 110 Å². The number of hydrogen-bond acceptors (Lipinski definition) is 7. The fourth-order valence-corrected chi connectivity index (χ4v) is 3.03. The van der Waals surface area contributed by atoms with Crippen molar-refractivity contribution < 1.29 is 30.9 Å². The van der Waals surface area contributed by atoms with Crippen molar-refractivity contribution in [2.24, 2.45) is 5.41 Å². The quantitative estimate of drug-likeness (QED) is 0.356. The molecule has 0 bridgehead atoms. The van der Waals surface area contributed by atoms with E-state index in [1.165, 1.54) is 0 Å². The first-order valence-electron chi connectivity index (χ1n) is 5.35. The Labute approximate surface area is 108 Å². The Balaban J connectivity index is 2.42. The second-order valence-corrected chi connectivity index (χ2v) is 7.11. The van der Waals surface area contributed by atoms with Gasteiger partial charge in [0.2, 0.25) is 0 Å². The van der Waals surface area contributed by atoms with Gasteiger partial charge in [0, 0.05) is 5.75 Å². The molecule has 106 valence electrons. The number of cyclic esters (lactones) is 1. The molecule has 1 aliphatic rings. The van der Waals surface area contributed by atoms with E-state index in [1.807, 2.05) is 0 Å². The molecule has 1 heterocycles. The average molecular weight is 299 g/mol. The second kappa shape index (κ2) is 6.09. The molecule has 7 nitrogen and oxygen atoms in total. The van der Waals surface area contributed by atoms with Gasteiger partial charge < -0.3 is 9.29 Å². The second-order valence-electron chi connectivity index (χ2n) is 4.33. The predicted molar refractivity (Wildman–Crippen MR) is 61.8 cm³/mol. The summed E-state index contributed by atoms with van der Waals surface area (Å²) >= 11 is -2.26. The molecule has 2 atom stereocenters. The summed E-state index contributed by atoms with van der Waals surface area (Å²) in [6, 6.07) is 0. The SMILES string of the molecule is CC1(COS(=O)(=O)CCCS(=O)[O-])CCOC1=O. The van der Waals surface area contributed by atoms with Gasteiger partial charge in [-0.1, -0.05) is 11.1 Å². The maximum absolute atomic E-state index is 11.4. The normalized spacial score (nSPS) is 26.0. The summed E-state index contributed by atoms with van der Waals surface area (Å²) in [5.74, 6) is -1.09. The minimum atomic E-state index is -3.81. The van der Waals surface area contributed by atoms with Crippen LogP contribution in [-0.2, 0) is 34.9 Å². The summed E-state index contributed by atoms with van der Waals surface area (Å²) < 4.78 is 52.9. The zero-order valence-corrected chi connectivity index (χ0v) is 11.5. The highest BCUT2D eigenvalue weighted by Gasteiger charge is 2.41. The van der Waals surface area contributed by atoms with E-state index in [2.05, 4.69) is 0 Å². The van der Waals surface area contributed by atoms with Crippen molar-refractivity contribution in [3.8, 4) is 0 Å². The molecule has 0 radical (unpaired) electrons. The summed E-state index contributed by atoms with van der Waals surface area (Å²) in [6.45, 7) is 1.56. The van der Waals surface area contributed by atoms with Crippen molar-refractivity contribution in [3.05, 3.63) is 0 Å². The molecule has 1 aliphatic heterocycles. The highest BCUT2D eigenvalue weighted by Crippen LogP contribution is 2.30. The Morgan fingerprint density at radius 3 is 2.72 bits per heavy atom. The number of carbonyl (C=O) groups is 1. The van der Waals surface area contributed by atoms with Gasteiger partial charge in [-0.25, -0.2) is 0 Å². The maximum atomic E-state index is 11.4. The van der Waals surface area contributed by atoms with Crippen LogP contribution in [0.3, 0.4) is 0 Å². The van der Waals surface area contributed by atoms with E-state index in [0.29, 0.717) is 6.42 Å². The highest BCUT2D eigenvalue weighted by atomic mass is 32.2. The summed E-state index contributed by atoms with van der Waals surface area (Å²) in [5, 5.41) is 0. The molecule has 1 rings (SSSR count). The van der Waals surface area contributed by atoms with E-state index >= 15 is 0 Å². The summed E-state index contributed by atoms with van der Waals surface area (Å²) in [5.41, 5.74) is -0.936. The van der Waals surface area contributed by atoms with Crippen LogP contribution in [-0.4, -0.2) is 47.9 Å². The van der Waals surface area contributed by atoms with Crippen LogP contribution in [0.2, 0.25) is 0 Å². The predicted octanol–water partition coefficient (Wildman–Crippen LogP) is -0.445. The Hall–Kier alpha value is -0.510. The largest absolute Gasteiger partial charge is 0.772 e. The van der Waals surface area contributed by atoms with E-state index in [9.17, 15) is 22.0 Å². The minimum absolute atomic E-state index is 0.0282. The van der Waals surface area contributed by atoms with Gasteiger partial charge in [-0.15, -0.1) is 0 Å². The third kappa shape index (κ3) is 4.63.